The number of hydrogen-bond donors (Lipinski definition) is 1. The first kappa shape index (κ1) is 20.1. The molecule has 0 spiro atoms. The summed E-state index contributed by atoms with van der Waals surface area (Å²) in [6.07, 6.45) is 7.24. The van der Waals surface area contributed by atoms with Crippen LogP contribution in [-0.4, -0.2) is 42.5 Å². The fourth-order valence-electron chi connectivity index (χ4n) is 3.14. The molecule has 1 amide bonds. The number of pyridine rings is 1. The van der Waals surface area contributed by atoms with Crippen LogP contribution in [0.3, 0.4) is 0 Å². The molecule has 2 aromatic rings. The minimum atomic E-state index is -0.499. The number of alkyl carbamates (subject to hydrolysis) is 1. The summed E-state index contributed by atoms with van der Waals surface area (Å²) in [5, 5.41) is 3.91. The molecular formula is C22H28N2O4. The van der Waals surface area contributed by atoms with Gasteiger partial charge >= 0.3 is 6.09 Å². The molecular weight excluding hydrogens is 356 g/mol. The van der Waals surface area contributed by atoms with Crippen LogP contribution in [0.5, 0.6) is 5.75 Å². The SMILES string of the molecule is COc1ccc2nccc(C=C[C@@H]3CC[C@@H](NC(=O)OC(C)(C)C)CO3)c2c1. The minimum absolute atomic E-state index is 0.0190. The zero-order valence-electron chi connectivity index (χ0n) is 16.9. The number of fused-ring (bicyclic) bond motifs is 1. The Balaban J connectivity index is 1.58. The maximum absolute atomic E-state index is 11.9. The molecule has 150 valence electrons. The molecule has 3 rings (SSSR count). The van der Waals surface area contributed by atoms with Crippen LogP contribution in [0.1, 0.15) is 39.2 Å². The highest BCUT2D eigenvalue weighted by Crippen LogP contribution is 2.24. The number of rotatable bonds is 4. The van der Waals surface area contributed by atoms with Gasteiger partial charge < -0.3 is 19.5 Å². The first-order valence-corrected chi connectivity index (χ1v) is 9.56. The average molecular weight is 384 g/mol. The second kappa shape index (κ2) is 8.61. The summed E-state index contributed by atoms with van der Waals surface area (Å²) in [4.78, 5) is 16.3. The van der Waals surface area contributed by atoms with Crippen molar-refractivity contribution >= 4 is 23.1 Å². The number of hydrogen-bond acceptors (Lipinski definition) is 5. The van der Waals surface area contributed by atoms with E-state index in [0.717, 1.165) is 35.1 Å². The molecule has 28 heavy (non-hydrogen) atoms. The fraction of sp³-hybridized carbons (Fsp3) is 0.455. The summed E-state index contributed by atoms with van der Waals surface area (Å²) in [6, 6.07) is 7.81. The van der Waals surface area contributed by atoms with Crippen LogP contribution in [0.15, 0.2) is 36.5 Å². The van der Waals surface area contributed by atoms with E-state index in [9.17, 15) is 4.79 Å². The molecule has 1 aromatic carbocycles. The number of nitrogens with one attached hydrogen (secondary N) is 1. The zero-order valence-corrected chi connectivity index (χ0v) is 16.9. The number of methoxy groups -OCH3 is 1. The van der Waals surface area contributed by atoms with Gasteiger partial charge in [0.05, 0.1) is 31.4 Å². The lowest BCUT2D eigenvalue weighted by Gasteiger charge is -2.29. The van der Waals surface area contributed by atoms with E-state index < -0.39 is 11.7 Å². The Kier molecular flexibility index (Phi) is 6.19. The third-order valence-electron chi connectivity index (χ3n) is 4.50. The van der Waals surface area contributed by atoms with Crippen molar-refractivity contribution in [2.45, 2.75) is 51.4 Å². The van der Waals surface area contributed by atoms with Gasteiger partial charge in [-0.05, 0) is 63.4 Å². The van der Waals surface area contributed by atoms with Crippen molar-refractivity contribution in [2.24, 2.45) is 0 Å². The van der Waals surface area contributed by atoms with Gasteiger partial charge in [0.2, 0.25) is 0 Å². The fourth-order valence-corrected chi connectivity index (χ4v) is 3.14. The van der Waals surface area contributed by atoms with Crippen molar-refractivity contribution in [3.63, 3.8) is 0 Å². The molecule has 6 heteroatoms. The molecule has 1 aliphatic heterocycles. The van der Waals surface area contributed by atoms with Gasteiger partial charge in [-0.1, -0.05) is 12.2 Å². The monoisotopic (exact) mass is 384 g/mol. The van der Waals surface area contributed by atoms with Crippen LogP contribution in [0.25, 0.3) is 17.0 Å². The van der Waals surface area contributed by atoms with Crippen LogP contribution in [0.2, 0.25) is 0 Å². The first-order valence-electron chi connectivity index (χ1n) is 9.56. The molecule has 2 atom stereocenters. The van der Waals surface area contributed by atoms with Crippen LogP contribution < -0.4 is 10.1 Å². The molecule has 1 N–H and O–H groups in total. The smallest absolute Gasteiger partial charge is 0.407 e. The maximum atomic E-state index is 11.9. The van der Waals surface area contributed by atoms with E-state index in [0.29, 0.717) is 6.61 Å². The van der Waals surface area contributed by atoms with E-state index >= 15 is 0 Å². The third kappa shape index (κ3) is 5.45. The average Bonchev–Trinajstić information content (AvgIpc) is 2.65. The first-order chi connectivity index (χ1) is 13.3. The second-order valence-corrected chi connectivity index (χ2v) is 7.93. The van der Waals surface area contributed by atoms with E-state index in [-0.39, 0.29) is 12.1 Å². The lowest BCUT2D eigenvalue weighted by atomic mass is 10.0. The highest BCUT2D eigenvalue weighted by molar-refractivity contribution is 5.88. The number of carbonyl (C=O) groups is 1. The molecule has 0 aliphatic carbocycles. The molecule has 1 aliphatic rings. The highest BCUT2D eigenvalue weighted by Gasteiger charge is 2.24. The normalized spacial score (nSPS) is 20.3. The summed E-state index contributed by atoms with van der Waals surface area (Å²) in [7, 11) is 1.66. The topological polar surface area (TPSA) is 69.7 Å². The number of nitrogens with zero attached hydrogens (tertiary/aromatic N) is 1. The Labute approximate surface area is 165 Å². The van der Waals surface area contributed by atoms with Crippen molar-refractivity contribution in [3.8, 4) is 5.75 Å². The van der Waals surface area contributed by atoms with Crippen molar-refractivity contribution in [2.75, 3.05) is 13.7 Å². The quantitative estimate of drug-likeness (QED) is 0.850. The summed E-state index contributed by atoms with van der Waals surface area (Å²) in [5.74, 6) is 0.806. The van der Waals surface area contributed by atoms with Crippen LogP contribution in [-0.2, 0) is 9.47 Å². The van der Waals surface area contributed by atoms with Crippen molar-refractivity contribution < 1.29 is 19.0 Å². The zero-order chi connectivity index (χ0) is 20.1. The van der Waals surface area contributed by atoms with E-state index in [1.54, 1.807) is 13.3 Å². The number of aromatic nitrogens is 1. The molecule has 0 radical (unpaired) electrons. The molecule has 2 heterocycles. The third-order valence-corrected chi connectivity index (χ3v) is 4.50. The lowest BCUT2D eigenvalue weighted by molar-refractivity contribution is 0.0136. The van der Waals surface area contributed by atoms with Crippen molar-refractivity contribution in [1.29, 1.82) is 0 Å². The Morgan fingerprint density at radius 1 is 1.29 bits per heavy atom. The van der Waals surface area contributed by atoms with Gasteiger partial charge in [-0.2, -0.15) is 0 Å². The van der Waals surface area contributed by atoms with Crippen molar-refractivity contribution in [3.05, 3.63) is 42.1 Å². The summed E-state index contributed by atoms with van der Waals surface area (Å²) < 4.78 is 16.5. The Morgan fingerprint density at radius 3 is 2.79 bits per heavy atom. The molecule has 1 fully saturated rings. The number of ether oxygens (including phenoxy) is 3. The van der Waals surface area contributed by atoms with Gasteiger partial charge in [0, 0.05) is 11.6 Å². The Bertz CT molecular complexity index is 849. The summed E-state index contributed by atoms with van der Waals surface area (Å²) in [6.45, 7) is 6.02. The van der Waals surface area contributed by atoms with E-state index in [1.165, 1.54) is 0 Å². The van der Waals surface area contributed by atoms with Crippen LogP contribution >= 0.6 is 0 Å². The van der Waals surface area contributed by atoms with Gasteiger partial charge in [-0.15, -0.1) is 0 Å². The van der Waals surface area contributed by atoms with Gasteiger partial charge in [0.1, 0.15) is 11.4 Å². The van der Waals surface area contributed by atoms with Crippen molar-refractivity contribution in [1.82, 2.24) is 10.3 Å². The number of amides is 1. The Hall–Kier alpha value is -2.60. The standard InChI is InChI=1S/C22H28N2O4/c1-22(2,3)28-21(25)24-16-6-8-17(27-14-16)7-5-15-11-12-23-20-10-9-18(26-4)13-19(15)20/h5,7,9-13,16-17H,6,8,14H2,1-4H3,(H,24,25)/t16-,17-/m1/s1. The molecule has 1 aromatic heterocycles. The molecule has 1 saturated heterocycles. The lowest BCUT2D eigenvalue weighted by Crippen LogP contribution is -2.44. The van der Waals surface area contributed by atoms with E-state index in [2.05, 4.69) is 22.5 Å². The highest BCUT2D eigenvalue weighted by atomic mass is 16.6. The molecule has 0 saturated carbocycles. The largest absolute Gasteiger partial charge is 0.497 e. The molecule has 0 bridgehead atoms. The van der Waals surface area contributed by atoms with Crippen LogP contribution in [0, 0.1) is 0 Å². The van der Waals surface area contributed by atoms with Gasteiger partial charge in [-0.3, -0.25) is 4.98 Å². The molecule has 0 unspecified atom stereocenters. The minimum Gasteiger partial charge on any atom is -0.497 e. The van der Waals surface area contributed by atoms with E-state index in [1.807, 2.05) is 45.0 Å². The second-order valence-electron chi connectivity index (χ2n) is 7.93. The predicted molar refractivity (Wildman–Crippen MR) is 109 cm³/mol. The summed E-state index contributed by atoms with van der Waals surface area (Å²) >= 11 is 0. The van der Waals surface area contributed by atoms with Crippen LogP contribution in [0.4, 0.5) is 4.79 Å². The maximum Gasteiger partial charge on any atom is 0.407 e. The van der Waals surface area contributed by atoms with Gasteiger partial charge in [0.15, 0.2) is 0 Å². The molecule has 6 nitrogen and oxygen atoms in total. The number of benzene rings is 1. The van der Waals surface area contributed by atoms with Gasteiger partial charge in [0.25, 0.3) is 0 Å². The number of carbonyl (C=O) groups excluding carboxylic acids is 1. The predicted octanol–water partition coefficient (Wildman–Crippen LogP) is 4.33. The van der Waals surface area contributed by atoms with E-state index in [4.69, 9.17) is 14.2 Å². The summed E-state index contributed by atoms with van der Waals surface area (Å²) in [5.41, 5.74) is 1.50. The van der Waals surface area contributed by atoms with Gasteiger partial charge in [-0.25, -0.2) is 4.79 Å². The Morgan fingerprint density at radius 2 is 2.11 bits per heavy atom.